The lowest BCUT2D eigenvalue weighted by atomic mass is 10.0. The van der Waals surface area contributed by atoms with E-state index in [1.54, 1.807) is 34.0 Å². The first-order valence-corrected chi connectivity index (χ1v) is 10.7. The molecule has 9 heteroatoms. The van der Waals surface area contributed by atoms with Gasteiger partial charge in [0.15, 0.2) is 5.65 Å². The van der Waals surface area contributed by atoms with Gasteiger partial charge in [-0.2, -0.15) is 10.2 Å². The number of halogens is 2. The second kappa shape index (κ2) is 7.77. The molecule has 1 saturated heterocycles. The molecule has 5 aromatic rings. The van der Waals surface area contributed by atoms with Gasteiger partial charge in [-0.25, -0.2) is 23.0 Å². The van der Waals surface area contributed by atoms with Gasteiger partial charge in [0, 0.05) is 48.0 Å². The quantitative estimate of drug-likeness (QED) is 0.406. The van der Waals surface area contributed by atoms with Gasteiger partial charge in [-0.1, -0.05) is 6.07 Å². The van der Waals surface area contributed by atoms with Crippen LogP contribution < -0.4 is 4.90 Å². The smallest absolute Gasteiger partial charge is 0.183 e. The maximum absolute atomic E-state index is 14.5. The van der Waals surface area contributed by atoms with Gasteiger partial charge in [-0.15, -0.1) is 0 Å². The van der Waals surface area contributed by atoms with Crippen molar-refractivity contribution in [3.8, 4) is 16.8 Å². The molecule has 1 atom stereocenters. The van der Waals surface area contributed by atoms with Crippen molar-refractivity contribution in [3.63, 3.8) is 0 Å². The second-order valence-corrected chi connectivity index (χ2v) is 8.02. The van der Waals surface area contributed by atoms with E-state index in [-0.39, 0.29) is 6.04 Å². The molecule has 0 spiro atoms. The Balaban J connectivity index is 1.38. The highest BCUT2D eigenvalue weighted by atomic mass is 19.1. The fraction of sp³-hybridized carbons (Fsp3) is 0.167. The van der Waals surface area contributed by atoms with Gasteiger partial charge in [0.1, 0.15) is 23.1 Å². The van der Waals surface area contributed by atoms with Crippen LogP contribution in [0.3, 0.4) is 0 Å². The zero-order valence-electron chi connectivity index (χ0n) is 17.5. The lowest BCUT2D eigenvalue weighted by Crippen LogP contribution is -2.24. The van der Waals surface area contributed by atoms with Gasteiger partial charge in [-0.05, 0) is 43.2 Å². The number of hydrogen-bond donors (Lipinski definition) is 0. The minimum absolute atomic E-state index is 0.274. The Labute approximate surface area is 188 Å². The third kappa shape index (κ3) is 3.42. The molecule has 0 amide bonds. The van der Waals surface area contributed by atoms with Gasteiger partial charge >= 0.3 is 0 Å². The Kier molecular flexibility index (Phi) is 4.60. The summed E-state index contributed by atoms with van der Waals surface area (Å²) in [6.45, 7) is 0.709. The predicted molar refractivity (Wildman–Crippen MR) is 119 cm³/mol. The van der Waals surface area contributed by atoms with E-state index >= 15 is 0 Å². The number of anilines is 1. The van der Waals surface area contributed by atoms with Crippen LogP contribution in [0.5, 0.6) is 0 Å². The van der Waals surface area contributed by atoms with E-state index in [1.165, 1.54) is 12.1 Å². The fourth-order valence-corrected chi connectivity index (χ4v) is 4.44. The number of hydrogen-bond acceptors (Lipinski definition) is 5. The highest BCUT2D eigenvalue weighted by molar-refractivity contribution is 5.65. The average molecular weight is 443 g/mol. The van der Waals surface area contributed by atoms with E-state index in [1.807, 2.05) is 35.5 Å². The number of pyridine rings is 1. The van der Waals surface area contributed by atoms with Gasteiger partial charge in [0.2, 0.25) is 0 Å². The topological polar surface area (TPSA) is 64.1 Å². The predicted octanol–water partition coefficient (Wildman–Crippen LogP) is 4.60. The average Bonchev–Trinajstić information content (AvgIpc) is 3.60. The normalized spacial score (nSPS) is 16.1. The van der Waals surface area contributed by atoms with Gasteiger partial charge in [-0.3, -0.25) is 4.98 Å². The monoisotopic (exact) mass is 443 g/mol. The molecule has 7 nitrogen and oxygen atoms in total. The van der Waals surface area contributed by atoms with Crippen LogP contribution in [0.4, 0.5) is 14.6 Å². The zero-order chi connectivity index (χ0) is 22.4. The molecule has 0 unspecified atom stereocenters. The number of nitrogens with zero attached hydrogens (tertiary/aromatic N) is 7. The standard InChI is InChI=1S/C24H19F2N7/c25-18-5-6-20(26)19(11-18)21-4-2-9-31(21)23-7-10-32-24(30-23)22(14-29-32)33-15-17(13-28-33)16-3-1-8-27-12-16/h1,3,5-8,10-15,21H,2,4,9H2/t21-/m1/s1. The van der Waals surface area contributed by atoms with Crippen molar-refractivity contribution in [3.05, 3.63) is 90.8 Å². The summed E-state index contributed by atoms with van der Waals surface area (Å²) in [5, 5.41) is 8.89. The van der Waals surface area contributed by atoms with Crippen LogP contribution in [0.25, 0.3) is 22.5 Å². The van der Waals surface area contributed by atoms with Crippen molar-refractivity contribution < 1.29 is 8.78 Å². The van der Waals surface area contributed by atoms with Crippen molar-refractivity contribution >= 4 is 11.5 Å². The highest BCUT2D eigenvalue weighted by Crippen LogP contribution is 2.37. The van der Waals surface area contributed by atoms with Crippen LogP contribution in [0.1, 0.15) is 24.4 Å². The molecule has 1 aliphatic rings. The molecular formula is C24H19F2N7. The summed E-state index contributed by atoms with van der Waals surface area (Å²) in [6, 6.07) is 9.04. The summed E-state index contributed by atoms with van der Waals surface area (Å²) in [4.78, 5) is 11.0. The maximum atomic E-state index is 14.5. The summed E-state index contributed by atoms with van der Waals surface area (Å²) >= 11 is 0. The number of benzene rings is 1. The van der Waals surface area contributed by atoms with Gasteiger partial charge in [0.25, 0.3) is 0 Å². The SMILES string of the molecule is Fc1ccc(F)c([C@H]2CCCN2c2ccn3ncc(-n4cc(-c5cccnc5)cn4)c3n2)c1. The first-order valence-electron chi connectivity index (χ1n) is 10.7. The zero-order valence-corrected chi connectivity index (χ0v) is 17.5. The highest BCUT2D eigenvalue weighted by Gasteiger charge is 2.30. The van der Waals surface area contributed by atoms with Crippen LogP contribution in [-0.2, 0) is 0 Å². The summed E-state index contributed by atoms with van der Waals surface area (Å²) in [6.07, 6.45) is 12.3. The van der Waals surface area contributed by atoms with E-state index in [4.69, 9.17) is 4.98 Å². The van der Waals surface area contributed by atoms with Crippen LogP contribution in [-0.4, -0.2) is 35.9 Å². The van der Waals surface area contributed by atoms with Crippen LogP contribution in [0.15, 0.2) is 73.6 Å². The molecule has 0 aliphatic carbocycles. The summed E-state index contributed by atoms with van der Waals surface area (Å²) in [5.74, 6) is -0.156. The third-order valence-electron chi connectivity index (χ3n) is 6.02. The fourth-order valence-electron chi connectivity index (χ4n) is 4.44. The Morgan fingerprint density at radius 3 is 2.79 bits per heavy atom. The summed E-state index contributed by atoms with van der Waals surface area (Å²) in [5.41, 5.74) is 3.60. The second-order valence-electron chi connectivity index (χ2n) is 8.02. The first-order chi connectivity index (χ1) is 16.2. The van der Waals surface area contributed by atoms with Crippen molar-refractivity contribution in [2.24, 2.45) is 0 Å². The minimum atomic E-state index is -0.442. The van der Waals surface area contributed by atoms with Crippen molar-refractivity contribution in [2.75, 3.05) is 11.4 Å². The molecule has 5 heterocycles. The molecule has 164 valence electrons. The number of aromatic nitrogens is 6. The Morgan fingerprint density at radius 1 is 0.970 bits per heavy atom. The van der Waals surface area contributed by atoms with Gasteiger partial charge < -0.3 is 4.90 Å². The van der Waals surface area contributed by atoms with Gasteiger partial charge in [0.05, 0.1) is 18.4 Å². The third-order valence-corrected chi connectivity index (χ3v) is 6.02. The molecule has 0 saturated carbocycles. The van der Waals surface area contributed by atoms with Crippen LogP contribution in [0, 0.1) is 11.6 Å². The Morgan fingerprint density at radius 2 is 1.91 bits per heavy atom. The largest absolute Gasteiger partial charge is 0.349 e. The van der Waals surface area contributed by atoms with E-state index < -0.39 is 11.6 Å². The van der Waals surface area contributed by atoms with Crippen LogP contribution in [0.2, 0.25) is 0 Å². The molecule has 4 aromatic heterocycles. The first kappa shape index (κ1) is 19.5. The Bertz CT molecular complexity index is 1440. The summed E-state index contributed by atoms with van der Waals surface area (Å²) < 4.78 is 31.7. The van der Waals surface area contributed by atoms with Crippen molar-refractivity contribution in [2.45, 2.75) is 18.9 Å². The molecule has 33 heavy (non-hydrogen) atoms. The van der Waals surface area contributed by atoms with Crippen LogP contribution >= 0.6 is 0 Å². The molecular weight excluding hydrogens is 424 g/mol. The van der Waals surface area contributed by atoms with E-state index in [2.05, 4.69) is 15.2 Å². The lowest BCUT2D eigenvalue weighted by molar-refractivity contribution is 0.560. The molecule has 1 aromatic carbocycles. The van der Waals surface area contributed by atoms with E-state index in [9.17, 15) is 8.78 Å². The maximum Gasteiger partial charge on any atom is 0.183 e. The molecule has 0 radical (unpaired) electrons. The molecule has 6 rings (SSSR count). The van der Waals surface area contributed by atoms with Crippen molar-refractivity contribution in [1.82, 2.24) is 29.4 Å². The number of fused-ring (bicyclic) bond motifs is 1. The lowest BCUT2D eigenvalue weighted by Gasteiger charge is -2.26. The minimum Gasteiger partial charge on any atom is -0.349 e. The van der Waals surface area contributed by atoms with Crippen molar-refractivity contribution in [1.29, 1.82) is 0 Å². The van der Waals surface area contributed by atoms with E-state index in [0.717, 1.165) is 35.7 Å². The van der Waals surface area contributed by atoms with E-state index in [0.29, 0.717) is 23.6 Å². The molecule has 1 fully saturated rings. The number of rotatable bonds is 4. The molecule has 1 aliphatic heterocycles. The molecule has 0 N–H and O–H groups in total. The summed E-state index contributed by atoms with van der Waals surface area (Å²) in [7, 11) is 0. The molecule has 0 bridgehead atoms. The Hall–Kier alpha value is -4.14.